The first-order valence-corrected chi connectivity index (χ1v) is 7.65. The third-order valence-electron chi connectivity index (χ3n) is 3.93. The Morgan fingerprint density at radius 3 is 2.88 bits per heavy atom. The summed E-state index contributed by atoms with van der Waals surface area (Å²) in [6.45, 7) is 0.736. The normalized spacial score (nSPS) is 17.0. The van der Waals surface area contributed by atoms with E-state index in [4.69, 9.17) is 13.9 Å². The summed E-state index contributed by atoms with van der Waals surface area (Å²) in [5.74, 6) is -0.740. The molecule has 0 aliphatic carbocycles. The molecule has 1 aliphatic rings. The lowest BCUT2D eigenvalue weighted by molar-refractivity contribution is -0.160. The predicted molar refractivity (Wildman–Crippen MR) is 84.9 cm³/mol. The summed E-state index contributed by atoms with van der Waals surface area (Å²) in [5, 5.41) is 3.57. The van der Waals surface area contributed by atoms with E-state index < -0.39 is 23.6 Å². The summed E-state index contributed by atoms with van der Waals surface area (Å²) in [5.41, 5.74) is 0.178. The molecule has 0 unspecified atom stereocenters. The molecule has 1 atom stereocenters. The Kier molecular flexibility index (Phi) is 4.61. The van der Waals surface area contributed by atoms with Gasteiger partial charge in [0.1, 0.15) is 17.4 Å². The molecule has 1 saturated heterocycles. The van der Waals surface area contributed by atoms with Crippen LogP contribution < -0.4 is 15.7 Å². The molecule has 7 nitrogen and oxygen atoms in total. The maximum Gasteiger partial charge on any atom is 0.336 e. The number of hydrogen-bond donors (Lipinski definition) is 1. The molecule has 2 aromatic rings. The summed E-state index contributed by atoms with van der Waals surface area (Å²) in [6.07, 6.45) is 1.34. The van der Waals surface area contributed by atoms with Crippen molar-refractivity contribution >= 4 is 22.9 Å². The number of ether oxygens (including phenoxy) is 2. The topological polar surface area (TPSA) is 94.8 Å². The van der Waals surface area contributed by atoms with Crippen LogP contribution in [0.1, 0.15) is 18.4 Å². The van der Waals surface area contributed by atoms with Gasteiger partial charge >= 0.3 is 17.6 Å². The van der Waals surface area contributed by atoms with Gasteiger partial charge in [-0.2, -0.15) is 0 Å². The zero-order valence-electron chi connectivity index (χ0n) is 13.2. The molecule has 1 aromatic carbocycles. The van der Waals surface area contributed by atoms with E-state index in [0.717, 1.165) is 13.0 Å². The Morgan fingerprint density at radius 2 is 2.17 bits per heavy atom. The van der Waals surface area contributed by atoms with Gasteiger partial charge in [-0.3, -0.25) is 4.79 Å². The van der Waals surface area contributed by atoms with Crippen LogP contribution >= 0.6 is 0 Å². The molecule has 1 fully saturated rings. The van der Waals surface area contributed by atoms with Crippen LogP contribution in [0, 0.1) is 0 Å². The summed E-state index contributed by atoms with van der Waals surface area (Å²) in [4.78, 5) is 35.6. The summed E-state index contributed by atoms with van der Waals surface area (Å²) in [6, 6.07) is 5.76. The standard InChI is InChI=1S/C17H17NO6/c1-22-11-4-5-12-10(7-15(19)23-14(12)9-11)8-16(20)24-17(21)13-3-2-6-18-13/h4-5,7,9,13,18H,2-3,6,8H2,1H3/t13-/m0/s1. The fraction of sp³-hybridized carbons (Fsp3) is 0.353. The van der Waals surface area contributed by atoms with E-state index >= 15 is 0 Å². The minimum atomic E-state index is -0.698. The molecule has 7 heteroatoms. The van der Waals surface area contributed by atoms with Crippen molar-refractivity contribution in [2.24, 2.45) is 0 Å². The van der Waals surface area contributed by atoms with Gasteiger partial charge in [-0.15, -0.1) is 0 Å². The van der Waals surface area contributed by atoms with Gasteiger partial charge in [0.2, 0.25) is 0 Å². The quantitative estimate of drug-likeness (QED) is 0.510. The molecular weight excluding hydrogens is 314 g/mol. The van der Waals surface area contributed by atoms with Crippen molar-refractivity contribution in [3.8, 4) is 5.75 Å². The van der Waals surface area contributed by atoms with Crippen LogP contribution in [0.25, 0.3) is 11.0 Å². The van der Waals surface area contributed by atoms with E-state index in [1.165, 1.54) is 13.2 Å². The number of rotatable bonds is 4. The number of carbonyl (C=O) groups excluding carboxylic acids is 2. The number of fused-ring (bicyclic) bond motifs is 1. The van der Waals surface area contributed by atoms with Crippen molar-refractivity contribution < 1.29 is 23.5 Å². The lowest BCUT2D eigenvalue weighted by Gasteiger charge is -2.09. The minimum Gasteiger partial charge on any atom is -0.497 e. The van der Waals surface area contributed by atoms with Crippen LogP contribution in [0.3, 0.4) is 0 Å². The van der Waals surface area contributed by atoms with Crippen molar-refractivity contribution in [3.63, 3.8) is 0 Å². The molecule has 0 bridgehead atoms. The molecule has 0 amide bonds. The van der Waals surface area contributed by atoms with Gasteiger partial charge in [0.05, 0.1) is 13.5 Å². The molecule has 0 saturated carbocycles. The second-order valence-electron chi connectivity index (χ2n) is 5.57. The van der Waals surface area contributed by atoms with Crippen molar-refractivity contribution in [2.45, 2.75) is 25.3 Å². The lowest BCUT2D eigenvalue weighted by atomic mass is 10.1. The van der Waals surface area contributed by atoms with E-state index in [1.54, 1.807) is 18.2 Å². The smallest absolute Gasteiger partial charge is 0.336 e. The molecule has 126 valence electrons. The van der Waals surface area contributed by atoms with Gasteiger partial charge in [-0.25, -0.2) is 9.59 Å². The Balaban J connectivity index is 1.80. The number of nitrogens with one attached hydrogen (secondary N) is 1. The molecule has 1 aromatic heterocycles. The predicted octanol–water partition coefficient (Wildman–Crippen LogP) is 1.17. The molecule has 1 N–H and O–H groups in total. The second-order valence-corrected chi connectivity index (χ2v) is 5.57. The van der Waals surface area contributed by atoms with Crippen molar-refractivity contribution in [1.82, 2.24) is 5.32 Å². The number of methoxy groups -OCH3 is 1. The third kappa shape index (κ3) is 3.46. The SMILES string of the molecule is COc1ccc2c(CC(=O)OC(=O)[C@@H]3CCCN3)cc(=O)oc2c1. The highest BCUT2D eigenvalue weighted by molar-refractivity contribution is 5.92. The minimum absolute atomic E-state index is 0.188. The van der Waals surface area contributed by atoms with Crippen molar-refractivity contribution in [1.29, 1.82) is 0 Å². The number of carbonyl (C=O) groups is 2. The second kappa shape index (κ2) is 6.84. The largest absolute Gasteiger partial charge is 0.497 e. The first-order chi connectivity index (χ1) is 11.6. The average Bonchev–Trinajstić information content (AvgIpc) is 3.08. The van der Waals surface area contributed by atoms with Crippen molar-refractivity contribution in [2.75, 3.05) is 13.7 Å². The summed E-state index contributed by atoms with van der Waals surface area (Å²) < 4.78 is 15.1. The van der Waals surface area contributed by atoms with E-state index in [1.807, 2.05) is 0 Å². The van der Waals surface area contributed by atoms with E-state index in [0.29, 0.717) is 28.7 Å². The molecular formula is C17H17NO6. The monoisotopic (exact) mass is 331 g/mol. The van der Waals surface area contributed by atoms with Gasteiger partial charge in [0, 0.05) is 17.5 Å². The van der Waals surface area contributed by atoms with Crippen LogP contribution in [0.5, 0.6) is 5.75 Å². The van der Waals surface area contributed by atoms with E-state index in [-0.39, 0.29) is 6.42 Å². The van der Waals surface area contributed by atoms with Gasteiger partial charge in [0.25, 0.3) is 0 Å². The van der Waals surface area contributed by atoms with Gasteiger partial charge in [0.15, 0.2) is 0 Å². The number of benzene rings is 1. The van der Waals surface area contributed by atoms with Crippen LogP contribution in [-0.2, 0) is 20.7 Å². The average molecular weight is 331 g/mol. The highest BCUT2D eigenvalue weighted by Crippen LogP contribution is 2.23. The summed E-state index contributed by atoms with van der Waals surface area (Å²) in [7, 11) is 1.50. The Labute approximate surface area is 137 Å². The fourth-order valence-corrected chi connectivity index (χ4v) is 2.74. The number of esters is 2. The molecule has 0 radical (unpaired) electrons. The Bertz CT molecular complexity index is 835. The van der Waals surface area contributed by atoms with Gasteiger partial charge < -0.3 is 19.2 Å². The van der Waals surface area contributed by atoms with Crippen LogP contribution in [-0.4, -0.2) is 31.6 Å². The Morgan fingerprint density at radius 1 is 1.33 bits per heavy atom. The third-order valence-corrected chi connectivity index (χ3v) is 3.93. The Hall–Kier alpha value is -2.67. The summed E-state index contributed by atoms with van der Waals surface area (Å²) >= 11 is 0. The van der Waals surface area contributed by atoms with Crippen LogP contribution in [0.2, 0.25) is 0 Å². The zero-order valence-corrected chi connectivity index (χ0v) is 13.2. The fourth-order valence-electron chi connectivity index (χ4n) is 2.74. The van der Waals surface area contributed by atoms with Crippen LogP contribution in [0.15, 0.2) is 33.5 Å². The maximum absolute atomic E-state index is 12.0. The highest BCUT2D eigenvalue weighted by atomic mass is 16.6. The first kappa shape index (κ1) is 16.2. The molecule has 0 spiro atoms. The lowest BCUT2D eigenvalue weighted by Crippen LogP contribution is -2.34. The van der Waals surface area contributed by atoms with Gasteiger partial charge in [-0.1, -0.05) is 0 Å². The van der Waals surface area contributed by atoms with Crippen molar-refractivity contribution in [3.05, 3.63) is 40.2 Å². The molecule has 24 heavy (non-hydrogen) atoms. The molecule has 2 heterocycles. The van der Waals surface area contributed by atoms with Gasteiger partial charge in [-0.05, 0) is 37.1 Å². The number of hydrogen-bond acceptors (Lipinski definition) is 7. The van der Waals surface area contributed by atoms with E-state index in [2.05, 4.69) is 5.32 Å². The first-order valence-electron chi connectivity index (χ1n) is 7.65. The van der Waals surface area contributed by atoms with E-state index in [9.17, 15) is 14.4 Å². The molecule has 1 aliphatic heterocycles. The molecule has 3 rings (SSSR count). The zero-order chi connectivity index (χ0) is 17.1. The highest BCUT2D eigenvalue weighted by Gasteiger charge is 2.26. The maximum atomic E-state index is 12.0. The van der Waals surface area contributed by atoms with Crippen LogP contribution in [0.4, 0.5) is 0 Å².